The van der Waals surface area contributed by atoms with Crippen molar-refractivity contribution in [3.8, 4) is 11.1 Å². The first-order valence-corrected chi connectivity index (χ1v) is 16.6. The lowest BCUT2D eigenvalue weighted by atomic mass is 9.83. The molecule has 11 nitrogen and oxygen atoms in total. The third-order valence-electron chi connectivity index (χ3n) is 7.83. The number of nitrogens with zero attached hydrogens (tertiary/aromatic N) is 2. The number of aliphatic hydroxyl groups is 1. The van der Waals surface area contributed by atoms with E-state index in [2.05, 4.69) is 19.2 Å². The molecule has 0 radical (unpaired) electrons. The monoisotopic (exact) mass is 698 g/mol. The number of rotatable bonds is 16. The zero-order valence-corrected chi connectivity index (χ0v) is 29.6. The number of amides is 4. The van der Waals surface area contributed by atoms with Crippen molar-refractivity contribution in [3.63, 3.8) is 0 Å². The number of hydrogen-bond donors (Lipinski definition) is 5. The molecule has 0 spiro atoms. The average molecular weight is 699 g/mol. The Bertz CT molecular complexity index is 1570. The van der Waals surface area contributed by atoms with Gasteiger partial charge in [-0.25, -0.2) is 8.78 Å². The Morgan fingerprint density at radius 1 is 0.980 bits per heavy atom. The zero-order valence-electron chi connectivity index (χ0n) is 29.6. The zero-order chi connectivity index (χ0) is 37.6. The lowest BCUT2D eigenvalue weighted by molar-refractivity contribution is -0.139. The van der Waals surface area contributed by atoms with E-state index in [0.717, 1.165) is 30.2 Å². The van der Waals surface area contributed by atoms with Gasteiger partial charge in [-0.1, -0.05) is 65.0 Å². The van der Waals surface area contributed by atoms with Gasteiger partial charge in [0, 0.05) is 49.1 Å². The number of primary amides is 2. The predicted molar refractivity (Wildman–Crippen MR) is 189 cm³/mol. The fourth-order valence-corrected chi connectivity index (χ4v) is 5.43. The Hall–Kier alpha value is -4.62. The van der Waals surface area contributed by atoms with Crippen LogP contribution in [0, 0.1) is 23.0 Å². The van der Waals surface area contributed by atoms with E-state index in [1.54, 1.807) is 12.3 Å². The van der Waals surface area contributed by atoms with Crippen LogP contribution in [0.4, 0.5) is 8.78 Å². The molecule has 1 heterocycles. The van der Waals surface area contributed by atoms with Crippen LogP contribution in [0.1, 0.15) is 77.6 Å². The first-order chi connectivity index (χ1) is 23.4. The molecule has 2 unspecified atom stereocenters. The van der Waals surface area contributed by atoms with Crippen molar-refractivity contribution < 1.29 is 33.1 Å². The molecule has 3 aromatic rings. The second-order valence-corrected chi connectivity index (χ2v) is 13.7. The van der Waals surface area contributed by atoms with Gasteiger partial charge in [0.15, 0.2) is 0 Å². The van der Waals surface area contributed by atoms with E-state index in [4.69, 9.17) is 17.2 Å². The number of nitrogens with two attached hydrogens (primary N) is 3. The first kappa shape index (κ1) is 41.6. The molecule has 2 atom stereocenters. The number of carbonyl (C=O) groups excluding carboxylic acids is 4. The lowest BCUT2D eigenvalue weighted by Crippen LogP contribution is -2.46. The highest BCUT2D eigenvalue weighted by atomic mass is 19.1. The van der Waals surface area contributed by atoms with Crippen LogP contribution >= 0.6 is 0 Å². The van der Waals surface area contributed by atoms with Gasteiger partial charge in [0.05, 0.1) is 18.5 Å². The number of carbonyl (C=O) groups is 4. The molecule has 0 aliphatic carbocycles. The Morgan fingerprint density at radius 3 is 2.18 bits per heavy atom. The number of halogens is 2. The van der Waals surface area contributed by atoms with Gasteiger partial charge in [0.25, 0.3) is 0 Å². The summed E-state index contributed by atoms with van der Waals surface area (Å²) in [7, 11) is 0. The maximum absolute atomic E-state index is 14.9. The largest absolute Gasteiger partial charge is 0.387 e. The van der Waals surface area contributed by atoms with Crippen LogP contribution in [0.3, 0.4) is 0 Å². The number of hydrogen-bond acceptors (Lipinski definition) is 6. The Morgan fingerprint density at radius 2 is 1.64 bits per heavy atom. The number of aliphatic hydroxyl groups excluding tert-OH is 1. The molecule has 0 bridgehead atoms. The van der Waals surface area contributed by atoms with Crippen LogP contribution in [0.2, 0.25) is 0 Å². The van der Waals surface area contributed by atoms with Gasteiger partial charge in [0.1, 0.15) is 18.2 Å². The molecule has 0 saturated carbocycles. The van der Waals surface area contributed by atoms with Crippen LogP contribution in [0.15, 0.2) is 60.8 Å². The van der Waals surface area contributed by atoms with Crippen molar-refractivity contribution in [1.82, 2.24) is 14.8 Å². The highest BCUT2D eigenvalue weighted by Crippen LogP contribution is 2.41. The SMILES string of the molecule is CC(C)(C)C(c1cc(-c2cc(F)ccc2F)cn1Cc1ccccc1)N(CCCNC(=O)C(N)CC(N)=O)C(=O)CO.CC(C)CCC(N)=O. The van der Waals surface area contributed by atoms with Crippen molar-refractivity contribution in [3.05, 3.63) is 83.7 Å². The molecule has 0 fully saturated rings. The van der Waals surface area contributed by atoms with Crippen LogP contribution in [0.25, 0.3) is 11.1 Å². The molecule has 0 aliphatic rings. The molecular weight excluding hydrogens is 646 g/mol. The summed E-state index contributed by atoms with van der Waals surface area (Å²) in [4.78, 5) is 48.1. The van der Waals surface area contributed by atoms with Gasteiger partial charge in [-0.3, -0.25) is 19.2 Å². The summed E-state index contributed by atoms with van der Waals surface area (Å²) in [5.74, 6) is -2.54. The normalized spacial score (nSPS) is 12.4. The van der Waals surface area contributed by atoms with E-state index >= 15 is 0 Å². The summed E-state index contributed by atoms with van der Waals surface area (Å²) in [6, 6.07) is 12.9. The van der Waals surface area contributed by atoms with Gasteiger partial charge in [-0.15, -0.1) is 0 Å². The number of nitrogens with one attached hydrogen (secondary N) is 1. The van der Waals surface area contributed by atoms with Crippen LogP contribution in [0.5, 0.6) is 0 Å². The highest BCUT2D eigenvalue weighted by molar-refractivity contribution is 5.87. The summed E-state index contributed by atoms with van der Waals surface area (Å²) < 4.78 is 30.9. The molecule has 3 rings (SSSR count). The highest BCUT2D eigenvalue weighted by Gasteiger charge is 2.37. The van der Waals surface area contributed by atoms with Gasteiger partial charge in [-0.05, 0) is 54.0 Å². The molecule has 0 aliphatic heterocycles. The smallest absolute Gasteiger partial charge is 0.248 e. The van der Waals surface area contributed by atoms with Crippen molar-refractivity contribution >= 4 is 23.6 Å². The summed E-state index contributed by atoms with van der Waals surface area (Å²) in [5.41, 5.74) is 17.3. The van der Waals surface area contributed by atoms with Crippen molar-refractivity contribution in [2.75, 3.05) is 19.7 Å². The van der Waals surface area contributed by atoms with E-state index in [1.165, 1.54) is 4.90 Å². The fraction of sp³-hybridized carbons (Fsp3) is 0.459. The molecule has 0 saturated heterocycles. The molecule has 4 amide bonds. The van der Waals surface area contributed by atoms with E-state index in [9.17, 15) is 33.1 Å². The first-order valence-electron chi connectivity index (χ1n) is 16.6. The molecule has 274 valence electrons. The second kappa shape index (κ2) is 19.5. The lowest BCUT2D eigenvalue weighted by Gasteiger charge is -2.41. The maximum atomic E-state index is 14.9. The van der Waals surface area contributed by atoms with Crippen molar-refractivity contribution in [1.29, 1.82) is 0 Å². The minimum absolute atomic E-state index is 0.0887. The molecule has 50 heavy (non-hydrogen) atoms. The second-order valence-electron chi connectivity index (χ2n) is 13.7. The summed E-state index contributed by atoms with van der Waals surface area (Å²) in [6.45, 7) is 9.95. The Labute approximate surface area is 293 Å². The third-order valence-corrected chi connectivity index (χ3v) is 7.83. The molecule has 13 heteroatoms. The summed E-state index contributed by atoms with van der Waals surface area (Å²) in [6.07, 6.45) is 3.20. The van der Waals surface area contributed by atoms with Crippen LogP contribution in [-0.2, 0) is 25.7 Å². The standard InChI is InChI=1S/C31H39F2N5O4.C6H13NO/c1-31(2,3)29(38(28(41)19-39)13-7-12-36-30(42)25(34)16-27(35)40)26-14-21(23-15-22(32)10-11-24(23)33)18-37(26)17-20-8-5-4-6-9-20;1-5(2)3-4-6(7)8/h4-6,8-11,14-15,18,25,29,39H,7,12-13,16-17,19,34H2,1-3H3,(H2,35,40)(H,36,42);5H,3-4H2,1-2H3,(H2,7,8). The van der Waals surface area contributed by atoms with E-state index < -0.39 is 53.5 Å². The molecule has 8 N–H and O–H groups in total. The summed E-state index contributed by atoms with van der Waals surface area (Å²) >= 11 is 0. The quantitative estimate of drug-likeness (QED) is 0.141. The minimum Gasteiger partial charge on any atom is -0.387 e. The van der Waals surface area contributed by atoms with Gasteiger partial charge in [0.2, 0.25) is 23.6 Å². The van der Waals surface area contributed by atoms with Crippen molar-refractivity contribution in [2.24, 2.45) is 28.5 Å². The Kier molecular flexibility index (Phi) is 16.2. The third kappa shape index (κ3) is 13.4. The van der Waals surface area contributed by atoms with Gasteiger partial charge >= 0.3 is 0 Å². The van der Waals surface area contributed by atoms with Crippen molar-refractivity contribution in [2.45, 2.75) is 78.9 Å². The predicted octanol–water partition coefficient (Wildman–Crippen LogP) is 4.01. The number of benzene rings is 2. The van der Waals surface area contributed by atoms with E-state index in [0.29, 0.717) is 36.6 Å². The minimum atomic E-state index is -1.08. The molecular formula is C37H52F2N6O5. The summed E-state index contributed by atoms with van der Waals surface area (Å²) in [5, 5.41) is 12.5. The number of aromatic nitrogens is 1. The molecule has 1 aromatic heterocycles. The van der Waals surface area contributed by atoms with Gasteiger partial charge in [-0.2, -0.15) is 0 Å². The maximum Gasteiger partial charge on any atom is 0.248 e. The average Bonchev–Trinajstić information content (AvgIpc) is 3.44. The topological polar surface area (TPSA) is 187 Å². The van der Waals surface area contributed by atoms with E-state index in [-0.39, 0.29) is 31.0 Å². The van der Waals surface area contributed by atoms with Crippen LogP contribution in [-0.4, -0.2) is 63.9 Å². The van der Waals surface area contributed by atoms with E-state index in [1.807, 2.05) is 55.7 Å². The fourth-order valence-electron chi connectivity index (χ4n) is 5.43. The van der Waals surface area contributed by atoms with Gasteiger partial charge < -0.3 is 37.1 Å². The molecule has 2 aromatic carbocycles. The van der Waals surface area contributed by atoms with Crippen LogP contribution < -0.4 is 22.5 Å². The Balaban J connectivity index is 0.000000963.